The van der Waals surface area contributed by atoms with Crippen molar-refractivity contribution >= 4 is 29.1 Å². The predicted octanol–water partition coefficient (Wildman–Crippen LogP) is 2.37. The minimum atomic E-state index is -0.983. The number of para-hydroxylation sites is 1. The summed E-state index contributed by atoms with van der Waals surface area (Å²) in [5.74, 6) is -1.92. The Bertz CT molecular complexity index is 1030. The van der Waals surface area contributed by atoms with Crippen LogP contribution in [0.1, 0.15) is 11.1 Å². The Morgan fingerprint density at radius 2 is 1.79 bits per heavy atom. The normalized spacial score (nSPS) is 20.4. The summed E-state index contributed by atoms with van der Waals surface area (Å²) in [5.41, 5.74) is 2.41. The Balaban J connectivity index is 1.53. The molecule has 148 valence electrons. The number of hydrogen-bond acceptors (Lipinski definition) is 6. The van der Waals surface area contributed by atoms with Crippen molar-refractivity contribution in [3.8, 4) is 0 Å². The van der Waals surface area contributed by atoms with E-state index in [1.54, 1.807) is 6.07 Å². The second-order valence-electron chi connectivity index (χ2n) is 7.00. The molecule has 1 N–H and O–H groups in total. The summed E-state index contributed by atoms with van der Waals surface area (Å²) in [6, 6.07) is 9.00. The van der Waals surface area contributed by atoms with Crippen LogP contribution < -0.4 is 10.2 Å². The molecule has 0 saturated carbocycles. The molecule has 0 aliphatic carbocycles. The Hall–Kier alpha value is -3.62. The molecule has 0 bridgehead atoms. The third-order valence-electron chi connectivity index (χ3n) is 4.93. The second kappa shape index (κ2) is 7.08. The van der Waals surface area contributed by atoms with E-state index in [2.05, 4.69) is 15.7 Å². The lowest BCUT2D eigenvalue weighted by molar-refractivity contribution is -0.123. The van der Waals surface area contributed by atoms with Crippen LogP contribution in [-0.2, 0) is 14.4 Å². The molecule has 1 fully saturated rings. The number of imide groups is 1. The molecule has 4 rings (SSSR count). The molecule has 0 spiro atoms. The van der Waals surface area contributed by atoms with Crippen LogP contribution in [0.3, 0.4) is 0 Å². The third-order valence-corrected chi connectivity index (χ3v) is 4.93. The molecular weight excluding hydrogens is 377 g/mol. The zero-order chi connectivity index (χ0) is 20.7. The van der Waals surface area contributed by atoms with Gasteiger partial charge in [0.25, 0.3) is 11.8 Å². The van der Waals surface area contributed by atoms with E-state index in [4.69, 9.17) is 0 Å². The van der Waals surface area contributed by atoms with Crippen molar-refractivity contribution in [1.82, 2.24) is 5.01 Å². The van der Waals surface area contributed by atoms with Crippen LogP contribution in [0, 0.1) is 19.7 Å². The maximum absolute atomic E-state index is 13.3. The zero-order valence-electron chi connectivity index (χ0n) is 15.8. The molecule has 2 aromatic rings. The number of rotatable bonds is 4. The van der Waals surface area contributed by atoms with E-state index in [0.717, 1.165) is 16.0 Å². The summed E-state index contributed by atoms with van der Waals surface area (Å²) in [7, 11) is 0. The van der Waals surface area contributed by atoms with E-state index in [1.165, 1.54) is 23.2 Å². The maximum Gasteiger partial charge on any atom is 0.263 e. The number of benzene rings is 2. The molecule has 2 atom stereocenters. The summed E-state index contributed by atoms with van der Waals surface area (Å²) in [6.07, 6.45) is 0. The first-order valence-electron chi connectivity index (χ1n) is 9.03. The summed E-state index contributed by atoms with van der Waals surface area (Å²) in [5, 5.41) is 11.5. The van der Waals surface area contributed by atoms with Gasteiger partial charge in [0.2, 0.25) is 5.91 Å². The lowest BCUT2D eigenvalue weighted by atomic mass is 10.1. The molecule has 2 aliphatic rings. The molecule has 0 unspecified atom stereocenters. The van der Waals surface area contributed by atoms with Crippen LogP contribution in [0.2, 0.25) is 0 Å². The molecule has 9 heteroatoms. The number of amides is 3. The van der Waals surface area contributed by atoms with Crippen molar-refractivity contribution in [3.05, 3.63) is 59.4 Å². The van der Waals surface area contributed by atoms with Gasteiger partial charge in [0.05, 0.1) is 5.69 Å². The van der Waals surface area contributed by atoms with Gasteiger partial charge in [0.1, 0.15) is 12.4 Å². The number of carbonyl (C=O) groups excluding carboxylic acids is 3. The first-order valence-corrected chi connectivity index (χ1v) is 9.03. The van der Waals surface area contributed by atoms with Gasteiger partial charge >= 0.3 is 0 Å². The van der Waals surface area contributed by atoms with Crippen LogP contribution in [0.15, 0.2) is 52.8 Å². The van der Waals surface area contributed by atoms with E-state index in [0.29, 0.717) is 5.69 Å². The average Bonchev–Trinajstić information content (AvgIpc) is 3.17. The van der Waals surface area contributed by atoms with E-state index in [9.17, 15) is 18.8 Å². The van der Waals surface area contributed by atoms with Crippen molar-refractivity contribution in [2.75, 3.05) is 16.8 Å². The molecular formula is C20H18FN5O3. The zero-order valence-corrected chi connectivity index (χ0v) is 15.8. The Morgan fingerprint density at radius 1 is 1.10 bits per heavy atom. The van der Waals surface area contributed by atoms with Gasteiger partial charge < -0.3 is 5.32 Å². The van der Waals surface area contributed by atoms with Crippen molar-refractivity contribution in [2.45, 2.75) is 25.9 Å². The number of nitrogens with one attached hydrogen (secondary N) is 1. The summed E-state index contributed by atoms with van der Waals surface area (Å²) < 4.78 is 13.3. The minimum Gasteiger partial charge on any atom is -0.324 e. The first-order chi connectivity index (χ1) is 13.9. The first kappa shape index (κ1) is 18.7. The molecule has 0 aromatic heterocycles. The van der Waals surface area contributed by atoms with Crippen LogP contribution in [0.25, 0.3) is 0 Å². The van der Waals surface area contributed by atoms with E-state index >= 15 is 0 Å². The molecule has 2 aliphatic heterocycles. The molecule has 2 heterocycles. The Labute approximate surface area is 166 Å². The van der Waals surface area contributed by atoms with Gasteiger partial charge in [-0.2, -0.15) is 5.11 Å². The Kier molecular flexibility index (Phi) is 4.57. The lowest BCUT2D eigenvalue weighted by Crippen LogP contribution is -2.43. The number of hydrogen-bond donors (Lipinski definition) is 1. The topological polar surface area (TPSA) is 94.4 Å². The summed E-state index contributed by atoms with van der Waals surface area (Å²) >= 11 is 0. The van der Waals surface area contributed by atoms with Gasteiger partial charge in [-0.05, 0) is 43.2 Å². The van der Waals surface area contributed by atoms with E-state index in [-0.39, 0.29) is 12.2 Å². The number of carbonyl (C=O) groups is 3. The predicted molar refractivity (Wildman–Crippen MR) is 103 cm³/mol. The largest absolute Gasteiger partial charge is 0.324 e. The fourth-order valence-corrected chi connectivity index (χ4v) is 3.65. The second-order valence-corrected chi connectivity index (χ2v) is 7.00. The van der Waals surface area contributed by atoms with Crippen molar-refractivity contribution in [1.29, 1.82) is 0 Å². The maximum atomic E-state index is 13.3. The highest BCUT2D eigenvalue weighted by molar-refractivity contribution is 6.26. The van der Waals surface area contributed by atoms with E-state index < -0.39 is 35.6 Å². The van der Waals surface area contributed by atoms with Crippen molar-refractivity contribution in [2.24, 2.45) is 10.3 Å². The molecule has 8 nitrogen and oxygen atoms in total. The van der Waals surface area contributed by atoms with Crippen molar-refractivity contribution < 1.29 is 18.8 Å². The lowest BCUT2D eigenvalue weighted by Gasteiger charge is -2.22. The molecule has 29 heavy (non-hydrogen) atoms. The summed E-state index contributed by atoms with van der Waals surface area (Å²) in [4.78, 5) is 39.4. The number of anilines is 2. The molecule has 0 radical (unpaired) electrons. The SMILES string of the molecule is Cc1cccc(C)c1N1C(=O)[C@H]2N=NN(CC(=O)Nc3cccc(F)c3)[C@@H]2C1=O. The van der Waals surface area contributed by atoms with Crippen molar-refractivity contribution in [3.63, 3.8) is 0 Å². The highest BCUT2D eigenvalue weighted by Crippen LogP contribution is 2.35. The number of halogens is 1. The van der Waals surface area contributed by atoms with Crippen LogP contribution in [0.4, 0.5) is 15.8 Å². The van der Waals surface area contributed by atoms with Gasteiger partial charge in [-0.3, -0.25) is 19.4 Å². The fraction of sp³-hybridized carbons (Fsp3) is 0.250. The highest BCUT2D eigenvalue weighted by Gasteiger charge is 2.55. The van der Waals surface area contributed by atoms with Gasteiger partial charge in [-0.25, -0.2) is 9.29 Å². The monoisotopic (exact) mass is 395 g/mol. The van der Waals surface area contributed by atoms with Crippen LogP contribution >= 0.6 is 0 Å². The quantitative estimate of drug-likeness (QED) is 0.804. The van der Waals surface area contributed by atoms with Crippen LogP contribution in [0.5, 0.6) is 0 Å². The standard InChI is InChI=1S/C20H18FN5O3/c1-11-5-3-6-12(2)17(11)26-19(28)16-18(20(26)29)25(24-23-16)10-15(27)22-14-8-4-7-13(21)9-14/h3-9,16,18H,10H2,1-2H3,(H,22,27)/t16-,18-/m0/s1. The summed E-state index contributed by atoms with van der Waals surface area (Å²) in [6.45, 7) is 3.35. The number of nitrogens with zero attached hydrogens (tertiary/aromatic N) is 4. The minimum absolute atomic E-state index is 0.286. The highest BCUT2D eigenvalue weighted by atomic mass is 19.1. The fourth-order valence-electron chi connectivity index (χ4n) is 3.65. The Morgan fingerprint density at radius 3 is 2.48 bits per heavy atom. The number of aryl methyl sites for hydroxylation is 2. The van der Waals surface area contributed by atoms with Gasteiger partial charge in [0, 0.05) is 5.69 Å². The van der Waals surface area contributed by atoms with Gasteiger partial charge in [-0.1, -0.05) is 29.5 Å². The van der Waals surface area contributed by atoms with Gasteiger partial charge in [0.15, 0.2) is 12.1 Å². The molecule has 2 aromatic carbocycles. The van der Waals surface area contributed by atoms with Gasteiger partial charge in [-0.15, -0.1) is 0 Å². The smallest absolute Gasteiger partial charge is 0.263 e. The van der Waals surface area contributed by atoms with E-state index in [1.807, 2.05) is 32.0 Å². The average molecular weight is 395 g/mol. The third kappa shape index (κ3) is 3.24. The molecule has 1 saturated heterocycles. The molecule has 3 amide bonds. The number of fused-ring (bicyclic) bond motifs is 1. The van der Waals surface area contributed by atoms with Crippen LogP contribution in [-0.4, -0.2) is 41.4 Å².